The average Bonchev–Trinajstić information content (AvgIpc) is 3.23. The number of carboxylic acids is 2. The number of carbonyl (C=O) groups excluding carboxylic acids is 2. The van der Waals surface area contributed by atoms with Gasteiger partial charge in [-0.1, -0.05) is 68.4 Å². The first-order valence-corrected chi connectivity index (χ1v) is 20.8. The summed E-state index contributed by atoms with van der Waals surface area (Å²) in [5.41, 5.74) is 3.29. The fraction of sp³-hybridized carbons (Fsp3) is 0.457. The van der Waals surface area contributed by atoms with Crippen LogP contribution in [0.25, 0.3) is 21.9 Å². The van der Waals surface area contributed by atoms with Crippen molar-refractivity contribution in [1.29, 1.82) is 0 Å². The summed E-state index contributed by atoms with van der Waals surface area (Å²) in [5, 5.41) is 29.4. The molecule has 4 aromatic rings. The number of aryl methyl sites for hydroxylation is 1. The predicted molar refractivity (Wildman–Crippen MR) is 232 cm³/mol. The molecular formula is C46H60N4O11. The Hall–Kier alpha value is -5.61. The number of benzene rings is 3. The second kappa shape index (κ2) is 26.6. The minimum Gasteiger partial charge on any atom is -0.491 e. The third kappa shape index (κ3) is 17.9. The van der Waals surface area contributed by atoms with Crippen molar-refractivity contribution in [1.82, 2.24) is 15.6 Å². The second-order valence-electron chi connectivity index (χ2n) is 14.9. The number of rotatable bonds is 30. The van der Waals surface area contributed by atoms with Crippen LogP contribution in [-0.4, -0.2) is 111 Å². The molecule has 2 amide bonds. The van der Waals surface area contributed by atoms with Crippen LogP contribution in [0.1, 0.15) is 63.1 Å². The molecule has 1 aromatic heterocycles. The van der Waals surface area contributed by atoms with Gasteiger partial charge in [-0.25, -0.2) is 4.98 Å². The van der Waals surface area contributed by atoms with Crippen LogP contribution >= 0.6 is 0 Å². The molecule has 61 heavy (non-hydrogen) atoms. The smallest absolute Gasteiger partial charge is 0.305 e. The summed E-state index contributed by atoms with van der Waals surface area (Å²) in [5.74, 6) is -1.78. The first kappa shape index (κ1) is 48.1. The zero-order valence-electron chi connectivity index (χ0n) is 35.4. The fourth-order valence-corrected chi connectivity index (χ4v) is 6.28. The Morgan fingerprint density at radius 2 is 1.33 bits per heavy atom. The van der Waals surface area contributed by atoms with Gasteiger partial charge in [-0.05, 0) is 71.5 Å². The van der Waals surface area contributed by atoms with Crippen molar-refractivity contribution in [2.75, 3.05) is 71.3 Å². The van der Waals surface area contributed by atoms with Crippen molar-refractivity contribution in [3.63, 3.8) is 0 Å². The average molecular weight is 845 g/mol. The standard InChI is InChI=1S/C46H60N4O11/c1-32(2)17-20-57-21-22-58-23-24-59-25-26-60-27-28-61-41-15-14-36(37-7-4-5-8-38(37)41)34-10-12-35(13-11-34)39(30-44(52)53)50-46(56)40(31-45(54)55)49-43(51)9-6-18-47-42-29-33(3)16-19-48-42/h4-5,7-8,10-16,19,29,32,39-40H,6,9,17-18,20-28,30-31H2,1-3H3,(H,47,48)(H,49,51)(H,50,56)(H,52,53)(H,54,55)/t39-,40-/m0/s1. The maximum absolute atomic E-state index is 13.4. The number of carboxylic acid groups (broad SMARTS) is 2. The number of fused-ring (bicyclic) bond motifs is 1. The summed E-state index contributed by atoms with van der Waals surface area (Å²) >= 11 is 0. The van der Waals surface area contributed by atoms with E-state index in [1.807, 2.05) is 67.6 Å². The molecule has 1 heterocycles. The summed E-state index contributed by atoms with van der Waals surface area (Å²) in [6.07, 6.45) is 2.01. The number of aliphatic carboxylic acids is 2. The summed E-state index contributed by atoms with van der Waals surface area (Å²) in [7, 11) is 0. The van der Waals surface area contributed by atoms with Crippen molar-refractivity contribution < 1.29 is 53.1 Å². The van der Waals surface area contributed by atoms with E-state index in [9.17, 15) is 29.4 Å². The van der Waals surface area contributed by atoms with E-state index < -0.39 is 48.7 Å². The fourth-order valence-electron chi connectivity index (χ4n) is 6.28. The second-order valence-corrected chi connectivity index (χ2v) is 14.9. The molecular weight excluding hydrogens is 785 g/mol. The lowest BCUT2D eigenvalue weighted by atomic mass is 9.95. The molecule has 0 saturated heterocycles. The van der Waals surface area contributed by atoms with E-state index in [1.165, 1.54) is 0 Å². The molecule has 0 aliphatic rings. The van der Waals surface area contributed by atoms with Crippen LogP contribution < -0.4 is 20.7 Å². The molecule has 330 valence electrons. The normalized spacial score (nSPS) is 12.2. The molecule has 0 aliphatic carbocycles. The Bertz CT molecular complexity index is 1980. The largest absolute Gasteiger partial charge is 0.491 e. The highest BCUT2D eigenvalue weighted by atomic mass is 16.6. The van der Waals surface area contributed by atoms with Gasteiger partial charge in [0.2, 0.25) is 11.8 Å². The number of nitrogens with one attached hydrogen (secondary N) is 3. The Morgan fingerprint density at radius 1 is 0.705 bits per heavy atom. The lowest BCUT2D eigenvalue weighted by molar-refractivity contribution is -0.142. The topological polar surface area (TPSA) is 204 Å². The number of amides is 2. The maximum atomic E-state index is 13.4. The van der Waals surface area contributed by atoms with Crippen LogP contribution in [0.4, 0.5) is 5.82 Å². The van der Waals surface area contributed by atoms with Gasteiger partial charge >= 0.3 is 11.9 Å². The van der Waals surface area contributed by atoms with Gasteiger partial charge in [0.15, 0.2) is 0 Å². The highest BCUT2D eigenvalue weighted by Gasteiger charge is 2.27. The van der Waals surface area contributed by atoms with Crippen molar-refractivity contribution in [2.45, 2.75) is 65.0 Å². The van der Waals surface area contributed by atoms with Gasteiger partial charge in [0.1, 0.15) is 24.2 Å². The van der Waals surface area contributed by atoms with Crippen LogP contribution in [0, 0.1) is 12.8 Å². The molecule has 2 atom stereocenters. The summed E-state index contributed by atoms with van der Waals surface area (Å²) in [4.78, 5) is 53.9. The highest BCUT2D eigenvalue weighted by molar-refractivity contribution is 6.00. The summed E-state index contributed by atoms with van der Waals surface area (Å²) < 4.78 is 28.4. The molecule has 3 aromatic carbocycles. The van der Waals surface area contributed by atoms with E-state index in [1.54, 1.807) is 18.3 Å². The number of hydrogen-bond donors (Lipinski definition) is 5. The lowest BCUT2D eigenvalue weighted by Gasteiger charge is -2.22. The van der Waals surface area contributed by atoms with Gasteiger partial charge in [0, 0.05) is 31.2 Å². The van der Waals surface area contributed by atoms with Crippen molar-refractivity contribution in [3.05, 3.63) is 90.1 Å². The number of ether oxygens (including phenoxy) is 5. The Balaban J connectivity index is 1.27. The molecule has 0 unspecified atom stereocenters. The van der Waals surface area contributed by atoms with Gasteiger partial charge in [0.25, 0.3) is 0 Å². The predicted octanol–water partition coefficient (Wildman–Crippen LogP) is 6.19. The van der Waals surface area contributed by atoms with Crippen LogP contribution in [-0.2, 0) is 38.1 Å². The summed E-state index contributed by atoms with van der Waals surface area (Å²) in [6.45, 7) is 11.2. The van der Waals surface area contributed by atoms with Crippen molar-refractivity contribution >= 4 is 40.3 Å². The van der Waals surface area contributed by atoms with Gasteiger partial charge in [-0.2, -0.15) is 0 Å². The third-order valence-electron chi connectivity index (χ3n) is 9.48. The minimum absolute atomic E-state index is 0.0294. The van der Waals surface area contributed by atoms with Crippen LogP contribution in [0.3, 0.4) is 0 Å². The van der Waals surface area contributed by atoms with E-state index in [-0.39, 0.29) is 6.42 Å². The Morgan fingerprint density at radius 3 is 1.95 bits per heavy atom. The molecule has 0 saturated carbocycles. The first-order chi connectivity index (χ1) is 29.5. The molecule has 0 aliphatic heterocycles. The zero-order valence-corrected chi connectivity index (χ0v) is 35.4. The molecule has 0 radical (unpaired) electrons. The SMILES string of the molecule is Cc1ccnc(NCCCC(=O)N[C@@H](CC(=O)O)C(=O)N[C@@H](CC(=O)O)c2ccc(-c3ccc(OCCOCCOCCOCCOCCC(C)C)c4ccccc34)cc2)c1. The number of carbonyl (C=O) groups is 4. The van der Waals surface area contributed by atoms with E-state index in [0.717, 1.165) is 40.5 Å². The lowest BCUT2D eigenvalue weighted by Crippen LogP contribution is -2.49. The van der Waals surface area contributed by atoms with E-state index in [0.29, 0.717) is 88.9 Å². The maximum Gasteiger partial charge on any atom is 0.305 e. The number of anilines is 1. The molecule has 4 rings (SSSR count). The van der Waals surface area contributed by atoms with E-state index in [2.05, 4.69) is 34.8 Å². The van der Waals surface area contributed by atoms with Crippen molar-refractivity contribution in [3.8, 4) is 16.9 Å². The molecule has 0 spiro atoms. The molecule has 0 bridgehead atoms. The third-order valence-corrected chi connectivity index (χ3v) is 9.48. The van der Waals surface area contributed by atoms with Crippen LogP contribution in [0.5, 0.6) is 5.75 Å². The highest BCUT2D eigenvalue weighted by Crippen LogP contribution is 2.35. The Labute approximate surface area is 357 Å². The minimum atomic E-state index is -1.41. The van der Waals surface area contributed by atoms with Gasteiger partial charge in [-0.3, -0.25) is 19.2 Å². The monoisotopic (exact) mass is 844 g/mol. The van der Waals surface area contributed by atoms with Gasteiger partial charge < -0.3 is 49.8 Å². The number of nitrogens with zero attached hydrogens (tertiary/aromatic N) is 1. The number of pyridine rings is 1. The van der Waals surface area contributed by atoms with Crippen LogP contribution in [0.15, 0.2) is 79.0 Å². The zero-order chi connectivity index (χ0) is 43.8. The quantitative estimate of drug-likeness (QED) is 0.0373. The van der Waals surface area contributed by atoms with E-state index >= 15 is 0 Å². The van der Waals surface area contributed by atoms with E-state index in [4.69, 9.17) is 23.7 Å². The molecule has 5 N–H and O–H groups in total. The number of hydrogen-bond acceptors (Lipinski definition) is 11. The number of aromatic nitrogens is 1. The molecule has 0 fully saturated rings. The Kier molecular flexibility index (Phi) is 20.9. The first-order valence-electron chi connectivity index (χ1n) is 20.8. The van der Waals surface area contributed by atoms with Gasteiger partial charge in [0.05, 0.1) is 65.1 Å². The van der Waals surface area contributed by atoms with Crippen LogP contribution in [0.2, 0.25) is 0 Å². The molecule has 15 nitrogen and oxygen atoms in total. The van der Waals surface area contributed by atoms with Crippen molar-refractivity contribution in [2.24, 2.45) is 5.92 Å². The van der Waals surface area contributed by atoms with Gasteiger partial charge in [-0.15, -0.1) is 0 Å². The summed E-state index contributed by atoms with van der Waals surface area (Å²) in [6, 6.07) is 20.1. The molecule has 15 heteroatoms.